The molecule has 3 aromatic heterocycles. The van der Waals surface area contributed by atoms with Crippen molar-refractivity contribution in [3.8, 4) is 11.1 Å². The molecule has 1 aliphatic heterocycles. The normalized spacial score (nSPS) is 16.4. The van der Waals surface area contributed by atoms with E-state index in [1.807, 2.05) is 12.1 Å². The van der Waals surface area contributed by atoms with E-state index in [9.17, 15) is 0 Å². The van der Waals surface area contributed by atoms with Crippen LogP contribution < -0.4 is 5.32 Å². The molecule has 4 heterocycles. The summed E-state index contributed by atoms with van der Waals surface area (Å²) in [5.74, 6) is 0.951. The van der Waals surface area contributed by atoms with Gasteiger partial charge in [-0.3, -0.25) is 4.40 Å². The van der Waals surface area contributed by atoms with Crippen molar-refractivity contribution in [1.29, 1.82) is 0 Å². The van der Waals surface area contributed by atoms with Crippen molar-refractivity contribution in [1.82, 2.24) is 4.40 Å². The number of nitrogens with one attached hydrogen (secondary N) is 1. The van der Waals surface area contributed by atoms with E-state index < -0.39 is 0 Å². The number of nitrogens with zero attached hydrogens (tertiary/aromatic N) is 2. The number of para-hydroxylation sites is 1. The second-order valence-electron chi connectivity index (χ2n) is 10.9. The van der Waals surface area contributed by atoms with Crippen molar-refractivity contribution in [2.75, 3.05) is 5.32 Å². The summed E-state index contributed by atoms with van der Waals surface area (Å²) in [6.07, 6.45) is 8.43. The summed E-state index contributed by atoms with van der Waals surface area (Å²) in [6.45, 7) is 0. The lowest BCUT2D eigenvalue weighted by atomic mass is 9.97. The lowest BCUT2D eigenvalue weighted by Gasteiger charge is -2.23. The highest BCUT2D eigenvalue weighted by molar-refractivity contribution is 6.25. The minimum absolute atomic E-state index is 0.0704. The highest BCUT2D eigenvalue weighted by Gasteiger charge is 2.29. The molecule has 1 unspecified atom stereocenters. The Morgan fingerprint density at radius 1 is 0.675 bits per heavy atom. The van der Waals surface area contributed by atoms with Gasteiger partial charge >= 0.3 is 0 Å². The zero-order valence-electron chi connectivity index (χ0n) is 21.3. The Morgan fingerprint density at radius 2 is 1.55 bits per heavy atom. The van der Waals surface area contributed by atoms with E-state index in [2.05, 4.69) is 113 Å². The molecule has 40 heavy (non-hydrogen) atoms. The van der Waals surface area contributed by atoms with E-state index in [1.54, 1.807) is 0 Å². The topological polar surface area (TPSA) is 41.9 Å². The van der Waals surface area contributed by atoms with Crippen LogP contribution in [0.1, 0.15) is 0 Å². The standard InChI is InChI=1S/C36H21N3O/c1-2-8-21-15-22(14-13-20(21)7-1)23-16-27-25-18-26-24-9-3-6-12-32(24)40-33(26)19-31(25)39-35(27)28(17-23)34-36(39)38-30-11-5-4-10-29(30)37-34/h1-19,29,37H. The first kappa shape index (κ1) is 20.6. The quantitative estimate of drug-likeness (QED) is 0.238. The Kier molecular flexibility index (Phi) is 3.70. The third kappa shape index (κ3) is 2.58. The summed E-state index contributed by atoms with van der Waals surface area (Å²) in [4.78, 5) is 5.22. The molecule has 4 nitrogen and oxygen atoms in total. The monoisotopic (exact) mass is 511 g/mol. The highest BCUT2D eigenvalue weighted by Crippen LogP contribution is 2.49. The molecule has 4 heteroatoms. The Balaban J connectivity index is 1.36. The summed E-state index contributed by atoms with van der Waals surface area (Å²) in [7, 11) is 0. The molecule has 8 aromatic rings. The van der Waals surface area contributed by atoms with Gasteiger partial charge < -0.3 is 9.73 Å². The van der Waals surface area contributed by atoms with Crippen LogP contribution in [0.15, 0.2) is 125 Å². The molecule has 2 aliphatic rings. The number of rotatable bonds is 1. The van der Waals surface area contributed by atoms with Crippen LogP contribution in [0.25, 0.3) is 71.0 Å². The minimum Gasteiger partial charge on any atom is -0.456 e. The third-order valence-electron chi connectivity index (χ3n) is 8.68. The van der Waals surface area contributed by atoms with Crippen molar-refractivity contribution < 1.29 is 4.42 Å². The molecule has 0 saturated carbocycles. The first-order valence-corrected chi connectivity index (χ1v) is 13.7. The van der Waals surface area contributed by atoms with Crippen LogP contribution >= 0.6 is 0 Å². The number of furan rings is 1. The van der Waals surface area contributed by atoms with Gasteiger partial charge in [0.05, 0.1) is 28.5 Å². The van der Waals surface area contributed by atoms with Gasteiger partial charge in [-0.1, -0.05) is 72.8 Å². The molecule has 1 N–H and O–H groups in total. The minimum atomic E-state index is 0.0704. The first-order valence-electron chi connectivity index (χ1n) is 13.7. The number of hydrogen-bond donors (Lipinski definition) is 1. The maximum atomic E-state index is 6.33. The SMILES string of the molecule is C1=CC2=Nc3c(c4cc(-c5ccc6ccccc6c5)cc5c6cc7c(cc6n3c45)oc3ccccc37)NC2C=C1. The van der Waals surface area contributed by atoms with Crippen LogP contribution in [0.2, 0.25) is 0 Å². The van der Waals surface area contributed by atoms with Crippen molar-refractivity contribution in [2.45, 2.75) is 6.04 Å². The Labute approximate surface area is 228 Å². The number of hydrogen-bond acceptors (Lipinski definition) is 3. The third-order valence-corrected chi connectivity index (χ3v) is 8.68. The Bertz CT molecular complexity index is 2470. The van der Waals surface area contributed by atoms with Crippen LogP contribution in [0.3, 0.4) is 0 Å². The molecule has 0 radical (unpaired) electrons. The fraction of sp³-hybridized carbons (Fsp3) is 0.0278. The van der Waals surface area contributed by atoms with Crippen molar-refractivity contribution in [2.24, 2.45) is 4.99 Å². The van der Waals surface area contributed by atoms with Crippen LogP contribution in [-0.4, -0.2) is 16.2 Å². The van der Waals surface area contributed by atoms with Gasteiger partial charge in [0.15, 0.2) is 5.82 Å². The molecule has 0 saturated heterocycles. The summed E-state index contributed by atoms with van der Waals surface area (Å²) in [6, 6.07) is 32.9. The number of aromatic nitrogens is 1. The molecule has 1 atom stereocenters. The first-order chi connectivity index (χ1) is 19.8. The molecule has 1 aliphatic carbocycles. The number of benzene rings is 5. The molecular formula is C36H21N3O. The largest absolute Gasteiger partial charge is 0.456 e. The molecule has 186 valence electrons. The summed E-state index contributed by atoms with van der Waals surface area (Å²) in [5.41, 5.74) is 8.65. The molecule has 10 rings (SSSR count). The predicted octanol–water partition coefficient (Wildman–Crippen LogP) is 9.40. The van der Waals surface area contributed by atoms with Crippen LogP contribution in [0, 0.1) is 0 Å². The van der Waals surface area contributed by atoms with Crippen molar-refractivity contribution >= 4 is 77.1 Å². The molecule has 0 spiro atoms. The zero-order valence-corrected chi connectivity index (χ0v) is 21.3. The number of fused-ring (bicyclic) bond motifs is 11. The smallest absolute Gasteiger partial charge is 0.162 e. The highest BCUT2D eigenvalue weighted by atomic mass is 16.3. The average molecular weight is 512 g/mol. The van der Waals surface area contributed by atoms with Gasteiger partial charge in [-0.25, -0.2) is 4.99 Å². The lowest BCUT2D eigenvalue weighted by Crippen LogP contribution is -2.29. The second kappa shape index (κ2) is 7.19. The van der Waals surface area contributed by atoms with Gasteiger partial charge in [-0.05, 0) is 58.3 Å². The van der Waals surface area contributed by atoms with Gasteiger partial charge in [-0.2, -0.15) is 0 Å². The molecule has 0 fully saturated rings. The molecule has 0 amide bonds. The predicted molar refractivity (Wildman–Crippen MR) is 167 cm³/mol. The van der Waals surface area contributed by atoms with Crippen molar-refractivity contribution in [3.63, 3.8) is 0 Å². The zero-order chi connectivity index (χ0) is 25.9. The maximum absolute atomic E-state index is 6.33. The van der Waals surface area contributed by atoms with Gasteiger partial charge in [0.25, 0.3) is 0 Å². The average Bonchev–Trinajstić information content (AvgIpc) is 3.64. The Hall–Kier alpha value is -5.35. The van der Waals surface area contributed by atoms with E-state index in [-0.39, 0.29) is 6.04 Å². The van der Waals surface area contributed by atoms with Gasteiger partial charge in [0.1, 0.15) is 11.2 Å². The summed E-state index contributed by atoms with van der Waals surface area (Å²) < 4.78 is 8.66. The summed E-state index contributed by atoms with van der Waals surface area (Å²) in [5, 5.41) is 12.2. The van der Waals surface area contributed by atoms with E-state index in [0.29, 0.717) is 0 Å². The fourth-order valence-electron chi connectivity index (χ4n) is 6.83. The number of allylic oxidation sites excluding steroid dienone is 2. The van der Waals surface area contributed by atoms with Gasteiger partial charge in [0, 0.05) is 33.0 Å². The van der Waals surface area contributed by atoms with E-state index in [1.165, 1.54) is 43.6 Å². The van der Waals surface area contributed by atoms with E-state index in [4.69, 9.17) is 9.41 Å². The van der Waals surface area contributed by atoms with Crippen molar-refractivity contribution in [3.05, 3.63) is 115 Å². The van der Waals surface area contributed by atoms with E-state index >= 15 is 0 Å². The van der Waals surface area contributed by atoms with Crippen LogP contribution in [0.4, 0.5) is 11.5 Å². The van der Waals surface area contributed by atoms with Gasteiger partial charge in [-0.15, -0.1) is 0 Å². The summed E-state index contributed by atoms with van der Waals surface area (Å²) >= 11 is 0. The van der Waals surface area contributed by atoms with E-state index in [0.717, 1.165) is 44.7 Å². The van der Waals surface area contributed by atoms with Crippen LogP contribution in [-0.2, 0) is 0 Å². The fourth-order valence-corrected chi connectivity index (χ4v) is 6.83. The number of aliphatic imine (C=N–C) groups is 1. The number of anilines is 1. The molecule has 5 aromatic carbocycles. The molecule has 0 bridgehead atoms. The van der Waals surface area contributed by atoms with Crippen LogP contribution in [0.5, 0.6) is 0 Å². The lowest BCUT2D eigenvalue weighted by molar-refractivity contribution is 0.669. The van der Waals surface area contributed by atoms with Gasteiger partial charge in [0.2, 0.25) is 0 Å². The second-order valence-corrected chi connectivity index (χ2v) is 10.9. The molecular weight excluding hydrogens is 490 g/mol. The Morgan fingerprint density at radius 3 is 2.52 bits per heavy atom. The maximum Gasteiger partial charge on any atom is 0.162 e.